The molecule has 0 N–H and O–H groups in total. The molecule has 0 amide bonds. The molecule has 0 saturated heterocycles. The molecule has 30 rings (SSSR count). The molecule has 24 aromatic carbocycles. The van der Waals surface area contributed by atoms with Gasteiger partial charge in [-0.05, 0) is 54.6 Å². The van der Waals surface area contributed by atoms with Gasteiger partial charge in [0.25, 0.3) is 0 Å². The maximum atomic E-state index is 2.42. The summed E-state index contributed by atoms with van der Waals surface area (Å²) in [4.78, 5) is 7.23. The van der Waals surface area contributed by atoms with Crippen LogP contribution in [-0.2, 0) is 0 Å². The third-order valence-electron chi connectivity index (χ3n) is 29.5. The zero-order chi connectivity index (χ0) is 98.4. The first kappa shape index (κ1) is 88.8. The zero-order valence-electron chi connectivity index (χ0n) is 81.0. The molecular weight excluding hydrogens is 2000 g/mol. The number of para-hydroxylation sites is 7. The fraction of sp³-hybridized carbons (Fsp3) is 0. The summed E-state index contributed by atoms with van der Waals surface area (Å²) in [7, 11) is 0. The first-order chi connectivity index (χ1) is 73.9. The quantitative estimate of drug-likeness (QED) is 0.0901. The van der Waals surface area contributed by atoms with E-state index >= 15 is 0 Å². The van der Waals surface area contributed by atoms with Crippen LogP contribution in [0.1, 0.15) is 0 Å². The molecule has 0 bridgehead atoms. The Labute approximate surface area is 880 Å². The summed E-state index contributed by atoms with van der Waals surface area (Å²) in [6.45, 7) is 0. The monoisotopic (exact) mass is 2100 g/mol. The molecule has 30 aromatic rings. The second-order valence-corrected chi connectivity index (χ2v) is 45.0. The number of rotatable bonds is 16. The van der Waals surface area contributed by atoms with Gasteiger partial charge in [-0.3, -0.25) is 0 Å². The maximum absolute atomic E-state index is 2.42. The van der Waals surface area contributed by atoms with Crippen LogP contribution in [0.15, 0.2) is 558 Å². The van der Waals surface area contributed by atoms with Gasteiger partial charge in [0.2, 0.25) is 0 Å². The normalized spacial score (nSPS) is 11.6. The van der Waals surface area contributed by atoms with Crippen LogP contribution in [0.4, 0.5) is 51.2 Å². The molecule has 0 saturated carbocycles. The van der Waals surface area contributed by atoms with Crippen molar-refractivity contribution in [3.8, 4) is 61.6 Å². The average molecular weight is 2100 g/mol. The molecule has 149 heavy (non-hydrogen) atoms. The minimum atomic E-state index is 0.334. The van der Waals surface area contributed by atoms with E-state index in [-0.39, 0.29) is 0 Å². The Morgan fingerprint density at radius 2 is 0.409 bits per heavy atom. The van der Waals surface area contributed by atoms with Gasteiger partial charge in [0.1, 0.15) is 0 Å². The largest absolute Gasteiger partial charge is 0.0602 e. The Hall–Kier alpha value is -17.8. The van der Waals surface area contributed by atoms with Crippen LogP contribution >= 0.6 is 0 Å². The number of nitrogens with zero attached hydrogens (tertiary/aromatic N) is 6. The summed E-state index contributed by atoms with van der Waals surface area (Å²) in [6, 6.07) is 204. The van der Waals surface area contributed by atoms with Gasteiger partial charge in [-0.2, -0.15) is 0 Å². The van der Waals surface area contributed by atoms with Crippen molar-refractivity contribution >= 4 is 240 Å². The Bertz CT molecular complexity index is 10400. The van der Waals surface area contributed by atoms with E-state index in [1.54, 1.807) is 0 Å². The van der Waals surface area contributed by atoms with Crippen molar-refractivity contribution in [2.24, 2.45) is 0 Å². The molecule has 0 fully saturated rings. The summed E-state index contributed by atoms with van der Waals surface area (Å²) in [5, 5.41) is 20.8. The number of hydrogen-bond donors (Lipinski definition) is 0. The van der Waals surface area contributed by atoms with Crippen molar-refractivity contribution in [2.75, 3.05) is 14.7 Å². The summed E-state index contributed by atoms with van der Waals surface area (Å²) < 4.78 is 16.0. The summed E-state index contributed by atoms with van der Waals surface area (Å²) in [5.41, 5.74) is 30.7. The summed E-state index contributed by atoms with van der Waals surface area (Å²) in [6.07, 6.45) is 0. The molecular formula is C140H92N6Se3. The Morgan fingerprint density at radius 1 is 0.134 bits per heavy atom. The third-order valence-corrected chi connectivity index (χ3v) is 36.7. The summed E-state index contributed by atoms with van der Waals surface area (Å²) >= 11 is 1.02. The molecule has 0 aliphatic rings. The molecule has 6 aromatic heterocycles. The third kappa shape index (κ3) is 16.1. The number of anilines is 9. The molecule has 6 nitrogen and oxygen atoms in total. The number of fused-ring (bicyclic) bond motifs is 20. The average Bonchev–Trinajstić information content (AvgIpc) is 1.60. The van der Waals surface area contributed by atoms with Gasteiger partial charge in [0.15, 0.2) is 0 Å². The van der Waals surface area contributed by atoms with Crippen LogP contribution in [-0.4, -0.2) is 57.2 Å². The Kier molecular flexibility index (Phi) is 22.6. The Balaban J connectivity index is 0.000000108. The smallest absolute Gasteiger partial charge is 0.0380 e. The molecule has 700 valence electrons. The van der Waals surface area contributed by atoms with E-state index in [0.717, 1.165) is 68.2 Å². The topological polar surface area (TPSA) is 24.5 Å². The predicted octanol–water partition coefficient (Wildman–Crippen LogP) is 37.8. The summed E-state index contributed by atoms with van der Waals surface area (Å²) in [5.74, 6) is 0. The fourth-order valence-corrected chi connectivity index (χ4v) is 29.7. The van der Waals surface area contributed by atoms with Gasteiger partial charge < -0.3 is 0 Å². The van der Waals surface area contributed by atoms with E-state index in [1.807, 2.05) is 0 Å². The van der Waals surface area contributed by atoms with Crippen molar-refractivity contribution in [3.05, 3.63) is 558 Å². The van der Waals surface area contributed by atoms with E-state index in [1.165, 1.54) is 189 Å². The SMILES string of the molecule is c1ccc(-c2ccccc2N(c2ccc(-c3ccc4c(c3)[se]c3ccccc34)cc2)c2ccc3c4ccccc4n(-c4ccccc4)c3c2)cc1.c1ccc(-n2c3ccccc3c3ccc(N(c4ccc(-c5ccc6c(c5)[se]c5ccccc56)cc4)c4ccc5ccccc5c4)cc32)cc1.c1ccc(-n2c3ccccc3c3ccc(N(c4ccc(-c5ccc6c(c5)[se]c5ccccc56)cc4)c4cccc5ccccc45)cc32)cc1. The molecule has 0 aliphatic carbocycles. The van der Waals surface area contributed by atoms with Crippen LogP contribution in [0.2, 0.25) is 0 Å². The van der Waals surface area contributed by atoms with Crippen molar-refractivity contribution in [2.45, 2.75) is 0 Å². The van der Waals surface area contributed by atoms with Crippen molar-refractivity contribution in [3.63, 3.8) is 0 Å². The standard InChI is InChI=1S/C48H32N2Se.2C46H30N2Se/c1-3-13-34(14-4-1)39-17-7-10-20-44(39)49(37-26-23-33(24-27-37)35-25-29-43-42-19-9-12-22-47(42)51-48(43)31-35)38-28-30-41-40-18-8-11-21-45(40)50(46(41)32-38)36-15-5-2-6-16-36;1-2-13-34(14-3-1)48-43-18-8-6-16-38(43)39-28-26-36(30-44(39)48)47(42-19-10-12-32-11-4-5-15-37(32)42)35-24-21-31(22-25-35)33-23-27-41-40-17-7-9-20-45(40)49-46(41)29-33;1-2-12-35(13-3-1)48-43-16-8-6-14-39(43)40-27-25-38(30-44(40)48)47(37-24-20-31-10-4-5-11-33(31)28-37)36-22-18-32(19-23-36)34-21-26-42-41-15-7-9-17-45(41)49-46(42)29-34/h1-32H;2*1-30H. The minimum Gasteiger partial charge on any atom is -0.0602 e. The number of aromatic nitrogens is 3. The molecule has 0 atom stereocenters. The number of benzene rings is 24. The molecule has 9 heteroatoms. The van der Waals surface area contributed by atoms with E-state index in [0.29, 0.717) is 43.5 Å². The van der Waals surface area contributed by atoms with E-state index in [2.05, 4.69) is 587 Å². The number of hydrogen-bond acceptors (Lipinski definition) is 3. The van der Waals surface area contributed by atoms with Gasteiger partial charge >= 0.3 is 632 Å². The van der Waals surface area contributed by atoms with Gasteiger partial charge in [-0.25, -0.2) is 0 Å². The molecule has 0 unspecified atom stereocenters. The zero-order valence-corrected chi connectivity index (χ0v) is 86.2. The molecule has 0 aliphatic heterocycles. The van der Waals surface area contributed by atoms with Gasteiger partial charge in [-0.15, -0.1) is 0 Å². The van der Waals surface area contributed by atoms with Gasteiger partial charge in [0, 0.05) is 33.2 Å². The fourth-order valence-electron chi connectivity index (χ4n) is 22.5. The predicted molar refractivity (Wildman–Crippen MR) is 639 cm³/mol. The van der Waals surface area contributed by atoms with Crippen LogP contribution in [0.3, 0.4) is 0 Å². The second kappa shape index (κ2) is 38.0. The van der Waals surface area contributed by atoms with E-state index in [9.17, 15) is 0 Å². The van der Waals surface area contributed by atoms with Crippen molar-refractivity contribution in [1.82, 2.24) is 13.7 Å². The van der Waals surface area contributed by atoms with Crippen molar-refractivity contribution in [1.29, 1.82) is 0 Å². The van der Waals surface area contributed by atoms with E-state index in [4.69, 9.17) is 0 Å². The second-order valence-electron chi connectivity index (χ2n) is 38.2. The molecule has 0 radical (unpaired) electrons. The minimum absolute atomic E-state index is 0.334. The molecule has 0 spiro atoms. The molecule has 6 heterocycles. The first-order valence-corrected chi connectivity index (χ1v) is 55.9. The van der Waals surface area contributed by atoms with Crippen LogP contribution < -0.4 is 14.7 Å². The van der Waals surface area contributed by atoms with Crippen LogP contribution in [0.25, 0.3) is 206 Å². The van der Waals surface area contributed by atoms with E-state index < -0.39 is 0 Å². The van der Waals surface area contributed by atoms with Crippen LogP contribution in [0.5, 0.6) is 0 Å². The first-order valence-electron chi connectivity index (χ1n) is 50.7. The van der Waals surface area contributed by atoms with Crippen LogP contribution in [0, 0.1) is 0 Å². The maximum Gasteiger partial charge on any atom is -0.0380 e. The van der Waals surface area contributed by atoms with Crippen molar-refractivity contribution < 1.29 is 0 Å². The van der Waals surface area contributed by atoms with Gasteiger partial charge in [0.05, 0.1) is 16.6 Å². The van der Waals surface area contributed by atoms with Gasteiger partial charge in [-0.1, -0.05) is 152 Å². The Morgan fingerprint density at radius 3 is 0.839 bits per heavy atom.